The highest BCUT2D eigenvalue weighted by Gasteiger charge is 2.31. The van der Waals surface area contributed by atoms with Crippen molar-refractivity contribution in [3.8, 4) is 0 Å². The lowest BCUT2D eigenvalue weighted by Crippen LogP contribution is -2.54. The van der Waals surface area contributed by atoms with Gasteiger partial charge in [0.2, 0.25) is 15.9 Å². The zero-order valence-corrected chi connectivity index (χ0v) is 17.3. The fourth-order valence-corrected chi connectivity index (χ4v) is 4.77. The molecule has 1 aromatic carbocycles. The molecule has 146 valence electrons. The Hall–Kier alpha value is -1.09. The van der Waals surface area contributed by atoms with Crippen LogP contribution in [-0.2, 0) is 14.8 Å². The standard InChI is InChI=1S/C18H29N3O3S2/c1-14-6-8-16(9-7-14)26(23,24)20-17(10-12-25-3)18(22)21-11-4-5-15(13-21)19-2/h6-9,15,17,19-20H,4-5,10-13H2,1-3H3. The number of piperidine rings is 1. The van der Waals surface area contributed by atoms with Crippen molar-refractivity contribution in [3.05, 3.63) is 29.8 Å². The minimum absolute atomic E-state index is 0.130. The number of likely N-dealkylation sites (tertiary alicyclic amines) is 1. The molecule has 6 nitrogen and oxygen atoms in total. The molecule has 2 N–H and O–H groups in total. The van der Waals surface area contributed by atoms with Gasteiger partial charge in [0.15, 0.2) is 0 Å². The van der Waals surface area contributed by atoms with Crippen LogP contribution >= 0.6 is 11.8 Å². The van der Waals surface area contributed by atoms with Gasteiger partial charge in [0, 0.05) is 19.1 Å². The molecule has 1 amide bonds. The lowest BCUT2D eigenvalue weighted by molar-refractivity contribution is -0.134. The fourth-order valence-electron chi connectivity index (χ4n) is 3.07. The summed E-state index contributed by atoms with van der Waals surface area (Å²) in [6, 6.07) is 6.20. The molecule has 0 bridgehead atoms. The number of likely N-dealkylation sites (N-methyl/N-ethyl adjacent to an activating group) is 1. The predicted molar refractivity (Wildman–Crippen MR) is 107 cm³/mol. The minimum atomic E-state index is -3.73. The molecular weight excluding hydrogens is 370 g/mol. The van der Waals surface area contributed by atoms with Crippen LogP contribution in [-0.4, -0.2) is 63.5 Å². The number of nitrogens with zero attached hydrogens (tertiary/aromatic N) is 1. The van der Waals surface area contributed by atoms with Crippen molar-refractivity contribution in [1.29, 1.82) is 0 Å². The maximum absolute atomic E-state index is 13.0. The Morgan fingerprint density at radius 2 is 2.04 bits per heavy atom. The van der Waals surface area contributed by atoms with E-state index < -0.39 is 16.1 Å². The molecule has 0 saturated carbocycles. The maximum Gasteiger partial charge on any atom is 0.241 e. The first-order chi connectivity index (χ1) is 12.4. The highest BCUT2D eigenvalue weighted by atomic mass is 32.2. The van der Waals surface area contributed by atoms with Crippen LogP contribution in [0.2, 0.25) is 0 Å². The van der Waals surface area contributed by atoms with Gasteiger partial charge in [-0.05, 0) is 57.4 Å². The number of nitrogens with one attached hydrogen (secondary N) is 2. The second kappa shape index (κ2) is 9.73. The number of sulfonamides is 1. The van der Waals surface area contributed by atoms with Crippen molar-refractivity contribution in [2.75, 3.05) is 32.1 Å². The largest absolute Gasteiger partial charge is 0.340 e. The summed E-state index contributed by atoms with van der Waals surface area (Å²) >= 11 is 1.60. The Bertz CT molecular complexity index is 692. The Balaban J connectivity index is 2.15. The first-order valence-corrected chi connectivity index (χ1v) is 11.8. The van der Waals surface area contributed by atoms with Gasteiger partial charge in [-0.1, -0.05) is 17.7 Å². The number of carbonyl (C=O) groups is 1. The highest BCUT2D eigenvalue weighted by molar-refractivity contribution is 7.98. The molecule has 0 spiro atoms. The normalized spacial score (nSPS) is 19.3. The van der Waals surface area contributed by atoms with Crippen LogP contribution in [0.1, 0.15) is 24.8 Å². The SMILES string of the molecule is CNC1CCCN(C(=O)C(CCSC)NS(=O)(=O)c2ccc(C)cc2)C1. The van der Waals surface area contributed by atoms with Gasteiger partial charge in [0.05, 0.1) is 4.90 Å². The average Bonchev–Trinajstić information content (AvgIpc) is 2.65. The summed E-state index contributed by atoms with van der Waals surface area (Å²) in [7, 11) is -1.84. The highest BCUT2D eigenvalue weighted by Crippen LogP contribution is 2.16. The Morgan fingerprint density at radius 1 is 1.35 bits per heavy atom. The number of hydrogen-bond donors (Lipinski definition) is 2. The smallest absolute Gasteiger partial charge is 0.241 e. The van der Waals surface area contributed by atoms with E-state index in [1.807, 2.05) is 20.2 Å². The quantitative estimate of drug-likeness (QED) is 0.694. The molecule has 1 aliphatic rings. The minimum Gasteiger partial charge on any atom is -0.340 e. The molecule has 0 aliphatic carbocycles. The van der Waals surface area contributed by atoms with Crippen molar-refractivity contribution in [2.24, 2.45) is 0 Å². The molecule has 1 aliphatic heterocycles. The van der Waals surface area contributed by atoms with Crippen molar-refractivity contribution >= 4 is 27.7 Å². The first kappa shape index (κ1) is 21.2. The molecular formula is C18H29N3O3S2. The summed E-state index contributed by atoms with van der Waals surface area (Å²) in [5, 5.41) is 3.21. The third-order valence-corrected chi connectivity index (χ3v) is 6.81. The molecule has 0 radical (unpaired) electrons. The van der Waals surface area contributed by atoms with Crippen molar-refractivity contribution in [2.45, 2.75) is 43.2 Å². The van der Waals surface area contributed by atoms with E-state index in [1.54, 1.807) is 40.9 Å². The number of aryl methyl sites for hydroxylation is 1. The number of carbonyl (C=O) groups excluding carboxylic acids is 1. The zero-order chi connectivity index (χ0) is 19.2. The van der Waals surface area contributed by atoms with Gasteiger partial charge in [-0.25, -0.2) is 8.42 Å². The number of rotatable bonds is 8. The average molecular weight is 400 g/mol. The van der Waals surface area contributed by atoms with Crippen molar-refractivity contribution in [1.82, 2.24) is 14.9 Å². The van der Waals surface area contributed by atoms with Gasteiger partial charge in [-0.3, -0.25) is 4.79 Å². The molecule has 1 saturated heterocycles. The third kappa shape index (κ3) is 5.70. The van der Waals surface area contributed by atoms with Gasteiger partial charge >= 0.3 is 0 Å². The Labute approximate surface area is 161 Å². The van der Waals surface area contributed by atoms with E-state index in [0.29, 0.717) is 19.5 Å². The second-order valence-electron chi connectivity index (χ2n) is 6.68. The monoisotopic (exact) mass is 399 g/mol. The number of amides is 1. The molecule has 1 fully saturated rings. The second-order valence-corrected chi connectivity index (χ2v) is 9.38. The van der Waals surface area contributed by atoms with E-state index in [4.69, 9.17) is 0 Å². The van der Waals surface area contributed by atoms with Crippen molar-refractivity contribution in [3.63, 3.8) is 0 Å². The summed E-state index contributed by atoms with van der Waals surface area (Å²) < 4.78 is 28.1. The summed E-state index contributed by atoms with van der Waals surface area (Å²) in [5.74, 6) is 0.588. The summed E-state index contributed by atoms with van der Waals surface area (Å²) in [6.07, 6.45) is 4.39. The van der Waals surface area contributed by atoms with Gasteiger partial charge in [-0.15, -0.1) is 0 Å². The number of hydrogen-bond acceptors (Lipinski definition) is 5. The number of benzene rings is 1. The summed E-state index contributed by atoms with van der Waals surface area (Å²) in [4.78, 5) is 15.0. The van der Waals surface area contributed by atoms with Crippen LogP contribution in [0.4, 0.5) is 0 Å². The van der Waals surface area contributed by atoms with E-state index in [0.717, 1.165) is 24.2 Å². The van der Waals surface area contributed by atoms with E-state index in [-0.39, 0.29) is 16.8 Å². The van der Waals surface area contributed by atoms with Gasteiger partial charge < -0.3 is 10.2 Å². The van der Waals surface area contributed by atoms with Crippen LogP contribution < -0.4 is 10.0 Å². The lowest BCUT2D eigenvalue weighted by atomic mass is 10.0. The van der Waals surface area contributed by atoms with Crippen LogP contribution in [0.3, 0.4) is 0 Å². The summed E-state index contributed by atoms with van der Waals surface area (Å²) in [6.45, 7) is 3.21. The molecule has 1 heterocycles. The predicted octanol–water partition coefficient (Wildman–Crippen LogP) is 1.61. The van der Waals surface area contributed by atoms with Gasteiger partial charge in [0.1, 0.15) is 6.04 Å². The molecule has 8 heteroatoms. The summed E-state index contributed by atoms with van der Waals surface area (Å²) in [5.41, 5.74) is 0.991. The van der Waals surface area contributed by atoms with E-state index in [2.05, 4.69) is 10.0 Å². The fraction of sp³-hybridized carbons (Fsp3) is 0.611. The molecule has 0 aromatic heterocycles. The van der Waals surface area contributed by atoms with E-state index in [1.165, 1.54) is 0 Å². The first-order valence-electron chi connectivity index (χ1n) is 8.91. The Morgan fingerprint density at radius 3 is 2.65 bits per heavy atom. The molecule has 2 unspecified atom stereocenters. The van der Waals surface area contributed by atoms with E-state index in [9.17, 15) is 13.2 Å². The zero-order valence-electron chi connectivity index (χ0n) is 15.7. The van der Waals surface area contributed by atoms with Crippen molar-refractivity contribution < 1.29 is 13.2 Å². The van der Waals surface area contributed by atoms with Crippen LogP contribution in [0, 0.1) is 6.92 Å². The van der Waals surface area contributed by atoms with Gasteiger partial charge in [-0.2, -0.15) is 16.5 Å². The third-order valence-electron chi connectivity index (χ3n) is 4.68. The maximum atomic E-state index is 13.0. The van der Waals surface area contributed by atoms with Crippen LogP contribution in [0.15, 0.2) is 29.2 Å². The Kier molecular flexibility index (Phi) is 7.94. The topological polar surface area (TPSA) is 78.5 Å². The van der Waals surface area contributed by atoms with Crippen LogP contribution in [0.5, 0.6) is 0 Å². The molecule has 2 rings (SSSR count). The van der Waals surface area contributed by atoms with Crippen LogP contribution in [0.25, 0.3) is 0 Å². The van der Waals surface area contributed by atoms with Gasteiger partial charge in [0.25, 0.3) is 0 Å². The van der Waals surface area contributed by atoms with E-state index >= 15 is 0 Å². The molecule has 1 aromatic rings. The molecule has 26 heavy (non-hydrogen) atoms. The lowest BCUT2D eigenvalue weighted by Gasteiger charge is -2.35. The number of thioether (sulfide) groups is 1. The molecule has 2 atom stereocenters.